The molecule has 0 fully saturated rings. The van der Waals surface area contributed by atoms with E-state index in [4.69, 9.17) is 5.73 Å². The first kappa shape index (κ1) is 11.1. The highest BCUT2D eigenvalue weighted by Gasteiger charge is 2.12. The van der Waals surface area contributed by atoms with Gasteiger partial charge in [-0.05, 0) is 35.8 Å². The van der Waals surface area contributed by atoms with E-state index in [0.29, 0.717) is 5.82 Å². The molecule has 0 saturated heterocycles. The van der Waals surface area contributed by atoms with E-state index in [9.17, 15) is 0 Å². The van der Waals surface area contributed by atoms with Crippen molar-refractivity contribution in [2.45, 2.75) is 20.4 Å². The van der Waals surface area contributed by atoms with E-state index in [2.05, 4.69) is 25.9 Å². The fraction of sp³-hybridized carbons (Fsp3) is 0.273. The molecule has 0 amide bonds. The highest BCUT2D eigenvalue weighted by molar-refractivity contribution is 9.10. The Labute approximate surface area is 103 Å². The minimum absolute atomic E-state index is 0.694. The summed E-state index contributed by atoms with van der Waals surface area (Å²) in [6.07, 6.45) is 3.51. The molecule has 2 heterocycles. The number of nitrogen functional groups attached to an aromatic ring is 1. The smallest absolute Gasteiger partial charge is 0.131 e. The number of hydrogen-bond acceptors (Lipinski definition) is 3. The third kappa shape index (κ3) is 1.82. The second-order valence-electron chi connectivity index (χ2n) is 3.53. The fourth-order valence-corrected chi connectivity index (χ4v) is 2.10. The van der Waals surface area contributed by atoms with Crippen LogP contribution in [-0.4, -0.2) is 14.5 Å². The fourth-order valence-electron chi connectivity index (χ4n) is 1.73. The SMILES string of the molecule is CCn1c(C)nc(-c2cncc(Br)c2)c1N. The molecule has 0 aliphatic heterocycles. The Kier molecular flexibility index (Phi) is 2.96. The summed E-state index contributed by atoms with van der Waals surface area (Å²) in [5.41, 5.74) is 7.79. The first-order valence-corrected chi connectivity index (χ1v) is 5.86. The number of imidazole rings is 1. The van der Waals surface area contributed by atoms with Crippen LogP contribution in [0.1, 0.15) is 12.7 Å². The molecule has 5 heteroatoms. The van der Waals surface area contributed by atoms with Crippen molar-refractivity contribution in [2.24, 2.45) is 0 Å². The van der Waals surface area contributed by atoms with Gasteiger partial charge in [-0.3, -0.25) is 4.98 Å². The molecule has 0 spiro atoms. The first-order chi connectivity index (χ1) is 7.63. The summed E-state index contributed by atoms with van der Waals surface area (Å²) in [6, 6.07) is 1.96. The van der Waals surface area contributed by atoms with Crippen LogP contribution in [0.25, 0.3) is 11.3 Å². The normalized spacial score (nSPS) is 10.7. The summed E-state index contributed by atoms with van der Waals surface area (Å²) in [5.74, 6) is 1.62. The quantitative estimate of drug-likeness (QED) is 0.920. The van der Waals surface area contributed by atoms with E-state index >= 15 is 0 Å². The highest BCUT2D eigenvalue weighted by Crippen LogP contribution is 2.27. The molecule has 0 saturated carbocycles. The number of pyridine rings is 1. The van der Waals surface area contributed by atoms with Crippen LogP contribution in [-0.2, 0) is 6.54 Å². The van der Waals surface area contributed by atoms with Crippen LogP contribution in [0.4, 0.5) is 5.82 Å². The predicted molar refractivity (Wildman–Crippen MR) is 68.0 cm³/mol. The van der Waals surface area contributed by atoms with Crippen molar-refractivity contribution in [3.63, 3.8) is 0 Å². The van der Waals surface area contributed by atoms with Gasteiger partial charge in [0.05, 0.1) is 0 Å². The Balaban J connectivity index is 2.56. The number of hydrogen-bond donors (Lipinski definition) is 1. The van der Waals surface area contributed by atoms with Crippen molar-refractivity contribution < 1.29 is 0 Å². The lowest BCUT2D eigenvalue weighted by atomic mass is 10.2. The van der Waals surface area contributed by atoms with Crippen molar-refractivity contribution in [2.75, 3.05) is 5.73 Å². The van der Waals surface area contributed by atoms with Crippen LogP contribution in [0.15, 0.2) is 22.9 Å². The Bertz CT molecular complexity index is 519. The Hall–Kier alpha value is -1.36. The summed E-state index contributed by atoms with van der Waals surface area (Å²) in [4.78, 5) is 8.58. The first-order valence-electron chi connectivity index (χ1n) is 5.07. The zero-order valence-corrected chi connectivity index (χ0v) is 10.8. The lowest BCUT2D eigenvalue weighted by molar-refractivity contribution is 0.739. The van der Waals surface area contributed by atoms with Gasteiger partial charge in [0.1, 0.15) is 17.3 Å². The molecule has 0 atom stereocenters. The lowest BCUT2D eigenvalue weighted by Gasteiger charge is -2.03. The third-order valence-corrected chi connectivity index (χ3v) is 2.93. The zero-order chi connectivity index (χ0) is 11.7. The zero-order valence-electron chi connectivity index (χ0n) is 9.24. The minimum Gasteiger partial charge on any atom is -0.383 e. The number of halogens is 1. The lowest BCUT2D eigenvalue weighted by Crippen LogP contribution is -2.02. The Morgan fingerprint density at radius 3 is 2.75 bits per heavy atom. The van der Waals surface area contributed by atoms with Crippen molar-refractivity contribution in [3.8, 4) is 11.3 Å². The molecule has 0 bridgehead atoms. The van der Waals surface area contributed by atoms with E-state index in [-0.39, 0.29) is 0 Å². The van der Waals surface area contributed by atoms with Gasteiger partial charge in [0.25, 0.3) is 0 Å². The number of anilines is 1. The molecule has 2 aromatic rings. The van der Waals surface area contributed by atoms with Gasteiger partial charge < -0.3 is 10.3 Å². The molecule has 4 nitrogen and oxygen atoms in total. The molecular formula is C11H13BrN4. The summed E-state index contributed by atoms with van der Waals surface area (Å²) >= 11 is 3.39. The van der Waals surface area contributed by atoms with Crippen LogP contribution in [0.3, 0.4) is 0 Å². The molecule has 2 N–H and O–H groups in total. The van der Waals surface area contributed by atoms with Gasteiger partial charge in [-0.15, -0.1) is 0 Å². The van der Waals surface area contributed by atoms with Gasteiger partial charge in [0.15, 0.2) is 0 Å². The minimum atomic E-state index is 0.694. The van der Waals surface area contributed by atoms with Crippen molar-refractivity contribution in [3.05, 3.63) is 28.8 Å². The maximum atomic E-state index is 6.05. The van der Waals surface area contributed by atoms with E-state index < -0.39 is 0 Å². The molecule has 0 aliphatic carbocycles. The van der Waals surface area contributed by atoms with Crippen molar-refractivity contribution >= 4 is 21.7 Å². The molecule has 0 aromatic carbocycles. The molecule has 0 unspecified atom stereocenters. The summed E-state index contributed by atoms with van der Waals surface area (Å²) < 4.78 is 2.91. The maximum absolute atomic E-state index is 6.05. The van der Waals surface area contributed by atoms with Gasteiger partial charge in [-0.25, -0.2) is 4.98 Å². The summed E-state index contributed by atoms with van der Waals surface area (Å²) in [7, 11) is 0. The second-order valence-corrected chi connectivity index (χ2v) is 4.44. The molecule has 84 valence electrons. The molecule has 0 radical (unpaired) electrons. The van der Waals surface area contributed by atoms with Gasteiger partial charge in [-0.1, -0.05) is 0 Å². The maximum Gasteiger partial charge on any atom is 0.131 e. The molecule has 0 aliphatic rings. The number of nitrogens with two attached hydrogens (primary N) is 1. The van der Waals surface area contributed by atoms with Crippen LogP contribution < -0.4 is 5.73 Å². The topological polar surface area (TPSA) is 56.7 Å². The molecule has 16 heavy (non-hydrogen) atoms. The van der Waals surface area contributed by atoms with E-state index in [0.717, 1.165) is 28.1 Å². The molecule has 2 aromatic heterocycles. The monoisotopic (exact) mass is 280 g/mol. The number of rotatable bonds is 2. The Morgan fingerprint density at radius 1 is 1.44 bits per heavy atom. The standard InChI is InChI=1S/C11H13BrN4/c1-3-16-7(2)15-10(11(16)13)8-4-9(12)6-14-5-8/h4-6H,3,13H2,1-2H3. The van der Waals surface area contributed by atoms with Gasteiger partial charge in [-0.2, -0.15) is 0 Å². The van der Waals surface area contributed by atoms with Gasteiger partial charge >= 0.3 is 0 Å². The van der Waals surface area contributed by atoms with E-state index in [1.807, 2.05) is 24.5 Å². The highest BCUT2D eigenvalue weighted by atomic mass is 79.9. The van der Waals surface area contributed by atoms with Crippen LogP contribution in [0.5, 0.6) is 0 Å². The van der Waals surface area contributed by atoms with Crippen LogP contribution >= 0.6 is 15.9 Å². The van der Waals surface area contributed by atoms with E-state index in [1.54, 1.807) is 12.4 Å². The van der Waals surface area contributed by atoms with E-state index in [1.165, 1.54) is 0 Å². The number of aromatic nitrogens is 3. The van der Waals surface area contributed by atoms with Crippen molar-refractivity contribution in [1.82, 2.24) is 14.5 Å². The third-order valence-electron chi connectivity index (χ3n) is 2.49. The molecule has 2 rings (SSSR count). The number of nitrogens with zero attached hydrogens (tertiary/aromatic N) is 3. The van der Waals surface area contributed by atoms with Gasteiger partial charge in [0.2, 0.25) is 0 Å². The predicted octanol–water partition coefficient (Wildman–Crippen LogP) is 2.62. The largest absolute Gasteiger partial charge is 0.383 e. The van der Waals surface area contributed by atoms with Crippen LogP contribution in [0.2, 0.25) is 0 Å². The average Bonchev–Trinajstić information content (AvgIpc) is 2.54. The Morgan fingerprint density at radius 2 is 2.19 bits per heavy atom. The van der Waals surface area contributed by atoms with Crippen LogP contribution in [0, 0.1) is 6.92 Å². The summed E-state index contributed by atoms with van der Waals surface area (Å²) in [6.45, 7) is 4.83. The molecular weight excluding hydrogens is 268 g/mol. The summed E-state index contributed by atoms with van der Waals surface area (Å²) in [5, 5.41) is 0. The van der Waals surface area contributed by atoms with Gasteiger partial charge in [0, 0.05) is 29.0 Å². The van der Waals surface area contributed by atoms with Crippen molar-refractivity contribution in [1.29, 1.82) is 0 Å². The average molecular weight is 281 g/mol. The number of aryl methyl sites for hydroxylation is 1. The second kappa shape index (κ2) is 4.25.